The summed E-state index contributed by atoms with van der Waals surface area (Å²) in [5.41, 5.74) is 1.93. The molecule has 1 aliphatic carbocycles. The number of rotatable bonds is 10. The van der Waals surface area contributed by atoms with Crippen molar-refractivity contribution in [2.75, 3.05) is 6.54 Å². The Kier molecular flexibility index (Phi) is 7.47. The standard InChI is InChI=1S/C23H28N4O6S/c28-22(21(26-23(29)30)12-16-6-2-1-3-7-16)14-27(33-17-8-4-5-9-17)34(31,32)18-10-11-19-20(13-18)25-15-24-19/h1-3,6-7,10-11,13,15,17,21-22,26,28H,4-5,8-9,12,14H2,(H,24,25)(H,29,30)/p-1/t21-,22+/m0/s1. The Morgan fingerprint density at radius 2 is 1.97 bits per heavy atom. The van der Waals surface area contributed by atoms with Crippen LogP contribution in [0.5, 0.6) is 0 Å². The third-order valence-electron chi connectivity index (χ3n) is 5.93. The van der Waals surface area contributed by atoms with Crippen LogP contribution in [-0.4, -0.2) is 58.8 Å². The lowest BCUT2D eigenvalue weighted by Gasteiger charge is -2.31. The number of fused-ring (bicyclic) bond motifs is 1. The summed E-state index contributed by atoms with van der Waals surface area (Å²) in [6.45, 7) is -0.461. The van der Waals surface area contributed by atoms with Gasteiger partial charge in [0, 0.05) is 0 Å². The number of benzene rings is 2. The van der Waals surface area contributed by atoms with Gasteiger partial charge in [-0.1, -0.05) is 47.6 Å². The van der Waals surface area contributed by atoms with Crippen LogP contribution in [0, 0.1) is 0 Å². The number of nitrogens with one attached hydrogen (secondary N) is 2. The zero-order valence-electron chi connectivity index (χ0n) is 18.5. The zero-order chi connectivity index (χ0) is 24.1. The molecule has 0 bridgehead atoms. The molecule has 11 heteroatoms. The Hall–Kier alpha value is -2.99. The molecule has 3 aromatic rings. The molecule has 0 spiro atoms. The average Bonchev–Trinajstić information content (AvgIpc) is 3.50. The molecule has 2 atom stereocenters. The minimum absolute atomic E-state index is 0.0260. The number of aromatic amines is 1. The Balaban J connectivity index is 1.60. The van der Waals surface area contributed by atoms with Gasteiger partial charge in [-0.25, -0.2) is 13.4 Å². The Morgan fingerprint density at radius 3 is 2.68 bits per heavy atom. The third kappa shape index (κ3) is 5.73. The second kappa shape index (κ2) is 10.5. The Bertz CT molecular complexity index is 1210. The first-order chi connectivity index (χ1) is 16.3. The summed E-state index contributed by atoms with van der Waals surface area (Å²) in [4.78, 5) is 24.1. The smallest absolute Gasteiger partial charge is 0.265 e. The number of aliphatic hydroxyl groups is 1. The third-order valence-corrected chi connectivity index (χ3v) is 7.55. The van der Waals surface area contributed by atoms with Gasteiger partial charge in [0.1, 0.15) is 6.09 Å². The highest BCUT2D eigenvalue weighted by Crippen LogP contribution is 2.27. The molecule has 0 unspecified atom stereocenters. The van der Waals surface area contributed by atoms with Gasteiger partial charge in [0.2, 0.25) is 0 Å². The summed E-state index contributed by atoms with van der Waals surface area (Å²) >= 11 is 0. The van der Waals surface area contributed by atoms with Gasteiger partial charge < -0.3 is 25.3 Å². The Morgan fingerprint density at radius 1 is 1.24 bits per heavy atom. The predicted molar refractivity (Wildman–Crippen MR) is 122 cm³/mol. The van der Waals surface area contributed by atoms with Crippen molar-refractivity contribution in [3.8, 4) is 0 Å². The fourth-order valence-corrected chi connectivity index (χ4v) is 5.46. The Labute approximate surface area is 197 Å². The molecule has 4 rings (SSSR count). The van der Waals surface area contributed by atoms with Crippen molar-refractivity contribution in [1.29, 1.82) is 0 Å². The molecule has 1 aliphatic rings. The van der Waals surface area contributed by atoms with Crippen LogP contribution in [-0.2, 0) is 21.3 Å². The monoisotopic (exact) mass is 487 g/mol. The van der Waals surface area contributed by atoms with Crippen LogP contribution in [0.1, 0.15) is 31.2 Å². The quantitative estimate of drug-likeness (QED) is 0.366. The number of hydroxylamine groups is 1. The highest BCUT2D eigenvalue weighted by Gasteiger charge is 2.34. The van der Waals surface area contributed by atoms with Gasteiger partial charge in [-0.2, -0.15) is 0 Å². The lowest BCUT2D eigenvalue weighted by Crippen LogP contribution is -2.53. The molecular formula is C23H27N4O6S-. The number of carbonyl (C=O) groups excluding carboxylic acids is 1. The van der Waals surface area contributed by atoms with Crippen LogP contribution in [0.3, 0.4) is 0 Å². The van der Waals surface area contributed by atoms with E-state index in [1.54, 1.807) is 30.3 Å². The second-order valence-electron chi connectivity index (χ2n) is 8.38. The van der Waals surface area contributed by atoms with E-state index in [1.807, 2.05) is 6.07 Å². The number of amides is 1. The van der Waals surface area contributed by atoms with E-state index in [-0.39, 0.29) is 17.4 Å². The molecule has 1 fully saturated rings. The lowest BCUT2D eigenvalue weighted by atomic mass is 10.0. The van der Waals surface area contributed by atoms with E-state index < -0.39 is 34.8 Å². The van der Waals surface area contributed by atoms with Crippen molar-refractivity contribution >= 4 is 27.1 Å². The first-order valence-corrected chi connectivity index (χ1v) is 12.6. The number of nitrogens with zero attached hydrogens (tertiary/aromatic N) is 2. The van der Waals surface area contributed by atoms with Gasteiger partial charge in [0.05, 0.1) is 47.1 Å². The topological polar surface area (TPSA) is 148 Å². The first kappa shape index (κ1) is 24.1. The van der Waals surface area contributed by atoms with Crippen LogP contribution in [0.4, 0.5) is 4.79 Å². The van der Waals surface area contributed by atoms with Crippen molar-refractivity contribution < 1.29 is 28.3 Å². The largest absolute Gasteiger partial charge is 0.530 e. The molecule has 2 aromatic carbocycles. The van der Waals surface area contributed by atoms with Crippen LogP contribution in [0.15, 0.2) is 59.8 Å². The van der Waals surface area contributed by atoms with Crippen molar-refractivity contribution in [3.05, 3.63) is 60.4 Å². The summed E-state index contributed by atoms with van der Waals surface area (Å²) in [6, 6.07) is 12.5. The maximum Gasteiger partial charge on any atom is 0.265 e. The van der Waals surface area contributed by atoms with E-state index >= 15 is 0 Å². The van der Waals surface area contributed by atoms with E-state index in [4.69, 9.17) is 4.84 Å². The van der Waals surface area contributed by atoms with Crippen LogP contribution < -0.4 is 10.4 Å². The second-order valence-corrected chi connectivity index (χ2v) is 10.2. The fourth-order valence-electron chi connectivity index (χ4n) is 4.13. The maximum absolute atomic E-state index is 13.5. The predicted octanol–water partition coefficient (Wildman–Crippen LogP) is 1.33. The van der Waals surface area contributed by atoms with E-state index in [9.17, 15) is 23.4 Å². The molecule has 34 heavy (non-hydrogen) atoms. The molecule has 3 N–H and O–H groups in total. The summed E-state index contributed by atoms with van der Waals surface area (Å²) < 4.78 is 27.9. The molecule has 10 nitrogen and oxygen atoms in total. The summed E-state index contributed by atoms with van der Waals surface area (Å²) in [7, 11) is -4.18. The number of hydrogen-bond acceptors (Lipinski definition) is 7. The van der Waals surface area contributed by atoms with Crippen molar-refractivity contribution in [3.63, 3.8) is 0 Å². The maximum atomic E-state index is 13.5. The number of H-pyrrole nitrogens is 1. The molecule has 0 aliphatic heterocycles. The minimum Gasteiger partial charge on any atom is -0.530 e. The SMILES string of the molecule is O=C([O-])N[C@@H](Cc1ccccc1)[C@H](O)CN(OC1CCCC1)S(=O)(=O)c1ccc2nc[nH]c2c1. The number of aromatic nitrogens is 2. The minimum atomic E-state index is -4.18. The zero-order valence-corrected chi connectivity index (χ0v) is 19.3. The van der Waals surface area contributed by atoms with Crippen molar-refractivity contribution in [1.82, 2.24) is 19.8 Å². The van der Waals surface area contributed by atoms with Gasteiger partial charge in [-0.05, 0) is 43.0 Å². The number of aliphatic hydroxyl groups excluding tert-OH is 1. The molecule has 1 amide bonds. The number of carbonyl (C=O) groups is 1. The van der Waals surface area contributed by atoms with Gasteiger partial charge in [-0.15, -0.1) is 0 Å². The highest BCUT2D eigenvalue weighted by atomic mass is 32.2. The van der Waals surface area contributed by atoms with E-state index in [2.05, 4.69) is 15.3 Å². The normalized spacial score (nSPS) is 16.6. The molecular weight excluding hydrogens is 460 g/mol. The van der Waals surface area contributed by atoms with Gasteiger partial charge in [0.25, 0.3) is 10.0 Å². The number of carboxylic acid groups (broad SMARTS) is 1. The number of sulfonamides is 1. The van der Waals surface area contributed by atoms with E-state index in [0.717, 1.165) is 22.9 Å². The van der Waals surface area contributed by atoms with E-state index in [1.165, 1.54) is 18.5 Å². The lowest BCUT2D eigenvalue weighted by molar-refractivity contribution is -0.252. The van der Waals surface area contributed by atoms with Gasteiger partial charge >= 0.3 is 0 Å². The van der Waals surface area contributed by atoms with Crippen LogP contribution in [0.25, 0.3) is 11.0 Å². The van der Waals surface area contributed by atoms with Gasteiger partial charge in [0.15, 0.2) is 0 Å². The molecule has 182 valence electrons. The number of imidazole rings is 1. The highest BCUT2D eigenvalue weighted by molar-refractivity contribution is 7.89. The van der Waals surface area contributed by atoms with Crippen LogP contribution >= 0.6 is 0 Å². The molecule has 0 radical (unpaired) electrons. The average molecular weight is 488 g/mol. The molecule has 0 saturated heterocycles. The van der Waals surface area contributed by atoms with E-state index in [0.29, 0.717) is 23.9 Å². The fraction of sp³-hybridized carbons (Fsp3) is 0.391. The number of hydrogen-bond donors (Lipinski definition) is 3. The first-order valence-electron chi connectivity index (χ1n) is 11.1. The molecule has 1 aromatic heterocycles. The summed E-state index contributed by atoms with van der Waals surface area (Å²) in [6.07, 6.45) is 1.60. The summed E-state index contributed by atoms with van der Waals surface area (Å²) in [5, 5.41) is 24.4. The van der Waals surface area contributed by atoms with Crippen molar-refractivity contribution in [2.24, 2.45) is 0 Å². The molecule has 1 saturated carbocycles. The summed E-state index contributed by atoms with van der Waals surface area (Å²) in [5.74, 6) is 0. The van der Waals surface area contributed by atoms with Crippen LogP contribution in [0.2, 0.25) is 0 Å². The van der Waals surface area contributed by atoms with Crippen molar-refractivity contribution in [2.45, 2.75) is 55.2 Å². The van der Waals surface area contributed by atoms with Gasteiger partial charge in [-0.3, -0.25) is 4.84 Å². The molecule has 1 heterocycles.